The van der Waals surface area contributed by atoms with Crippen molar-refractivity contribution in [2.45, 2.75) is 20.3 Å². The van der Waals surface area contributed by atoms with Crippen molar-refractivity contribution in [2.24, 2.45) is 0 Å². The molecular formula is C11H12N2S. The molecule has 72 valence electrons. The molecule has 2 nitrogen and oxygen atoms in total. The minimum Gasteiger partial charge on any atom is -0.258 e. The van der Waals surface area contributed by atoms with E-state index in [-0.39, 0.29) is 0 Å². The highest BCUT2D eigenvalue weighted by Gasteiger charge is 2.03. The molecule has 2 aromatic rings. The SMILES string of the molecule is Cc1cnc(C)c(Cc2cccs2)n1. The first-order chi connectivity index (χ1) is 6.75. The molecule has 0 bridgehead atoms. The normalized spacial score (nSPS) is 10.4. The summed E-state index contributed by atoms with van der Waals surface area (Å²) in [7, 11) is 0. The standard InChI is InChI=1S/C11H12N2S/c1-8-7-12-9(2)11(13-8)6-10-4-3-5-14-10/h3-5,7H,6H2,1-2H3. The molecule has 2 heterocycles. The van der Waals surface area contributed by atoms with Crippen molar-refractivity contribution in [3.05, 3.63) is 45.7 Å². The van der Waals surface area contributed by atoms with E-state index >= 15 is 0 Å². The number of hydrogen-bond donors (Lipinski definition) is 0. The van der Waals surface area contributed by atoms with Crippen LogP contribution in [-0.4, -0.2) is 9.97 Å². The van der Waals surface area contributed by atoms with Gasteiger partial charge in [0.25, 0.3) is 0 Å². The van der Waals surface area contributed by atoms with Crippen molar-refractivity contribution < 1.29 is 0 Å². The van der Waals surface area contributed by atoms with Gasteiger partial charge < -0.3 is 0 Å². The second kappa shape index (κ2) is 3.88. The summed E-state index contributed by atoms with van der Waals surface area (Å²) in [6, 6.07) is 4.20. The quantitative estimate of drug-likeness (QED) is 0.751. The fourth-order valence-corrected chi connectivity index (χ4v) is 2.04. The summed E-state index contributed by atoms with van der Waals surface area (Å²) in [5.74, 6) is 0. The van der Waals surface area contributed by atoms with Crippen LogP contribution < -0.4 is 0 Å². The lowest BCUT2D eigenvalue weighted by Crippen LogP contribution is -1.98. The summed E-state index contributed by atoms with van der Waals surface area (Å²) in [6.07, 6.45) is 2.71. The average Bonchev–Trinajstić information content (AvgIpc) is 2.64. The molecular weight excluding hydrogens is 192 g/mol. The minimum atomic E-state index is 0.901. The predicted molar refractivity (Wildman–Crippen MR) is 58.6 cm³/mol. The first-order valence-electron chi connectivity index (χ1n) is 4.57. The number of hydrogen-bond acceptors (Lipinski definition) is 3. The second-order valence-electron chi connectivity index (χ2n) is 3.30. The van der Waals surface area contributed by atoms with E-state index in [1.807, 2.05) is 20.0 Å². The van der Waals surface area contributed by atoms with Crippen LogP contribution in [0.25, 0.3) is 0 Å². The van der Waals surface area contributed by atoms with E-state index in [1.54, 1.807) is 11.3 Å². The first-order valence-corrected chi connectivity index (χ1v) is 5.45. The number of aromatic nitrogens is 2. The molecule has 0 N–H and O–H groups in total. The van der Waals surface area contributed by atoms with Crippen LogP contribution in [0.1, 0.15) is 22.0 Å². The Morgan fingerprint density at radius 3 is 2.93 bits per heavy atom. The number of nitrogens with zero attached hydrogens (tertiary/aromatic N) is 2. The van der Waals surface area contributed by atoms with E-state index in [2.05, 4.69) is 27.5 Å². The Hall–Kier alpha value is -1.22. The van der Waals surface area contributed by atoms with Crippen LogP contribution in [0.2, 0.25) is 0 Å². The molecule has 0 unspecified atom stereocenters. The zero-order chi connectivity index (χ0) is 9.97. The average molecular weight is 204 g/mol. The third-order valence-corrected chi connectivity index (χ3v) is 2.97. The van der Waals surface area contributed by atoms with Crippen molar-refractivity contribution in [1.82, 2.24) is 9.97 Å². The molecule has 0 fully saturated rings. The van der Waals surface area contributed by atoms with Crippen LogP contribution in [-0.2, 0) is 6.42 Å². The van der Waals surface area contributed by atoms with Crippen LogP contribution in [0, 0.1) is 13.8 Å². The summed E-state index contributed by atoms with van der Waals surface area (Å²) in [4.78, 5) is 10.1. The van der Waals surface area contributed by atoms with Crippen molar-refractivity contribution in [3.8, 4) is 0 Å². The summed E-state index contributed by atoms with van der Waals surface area (Å²) < 4.78 is 0. The van der Waals surface area contributed by atoms with Gasteiger partial charge in [-0.25, -0.2) is 0 Å². The Morgan fingerprint density at radius 1 is 1.36 bits per heavy atom. The van der Waals surface area contributed by atoms with Crippen LogP contribution in [0.15, 0.2) is 23.7 Å². The molecule has 0 aliphatic carbocycles. The third kappa shape index (κ3) is 1.99. The fourth-order valence-electron chi connectivity index (χ4n) is 1.33. The smallest absolute Gasteiger partial charge is 0.0671 e. The molecule has 0 spiro atoms. The summed E-state index contributed by atoms with van der Waals surface area (Å²) in [6.45, 7) is 3.99. The molecule has 2 rings (SSSR count). The fraction of sp³-hybridized carbons (Fsp3) is 0.273. The van der Waals surface area contributed by atoms with Gasteiger partial charge in [0, 0.05) is 17.5 Å². The van der Waals surface area contributed by atoms with E-state index in [0.29, 0.717) is 0 Å². The second-order valence-corrected chi connectivity index (χ2v) is 4.33. The van der Waals surface area contributed by atoms with Gasteiger partial charge in [0.15, 0.2) is 0 Å². The molecule has 2 aromatic heterocycles. The van der Waals surface area contributed by atoms with Gasteiger partial charge in [0.1, 0.15) is 0 Å². The first kappa shape index (κ1) is 9.34. The van der Waals surface area contributed by atoms with Gasteiger partial charge >= 0.3 is 0 Å². The van der Waals surface area contributed by atoms with Crippen molar-refractivity contribution in [1.29, 1.82) is 0 Å². The Morgan fingerprint density at radius 2 is 2.21 bits per heavy atom. The maximum atomic E-state index is 4.49. The van der Waals surface area contributed by atoms with Gasteiger partial charge in [0.2, 0.25) is 0 Å². The van der Waals surface area contributed by atoms with Gasteiger partial charge in [-0.15, -0.1) is 11.3 Å². The molecule has 0 aromatic carbocycles. The largest absolute Gasteiger partial charge is 0.258 e. The van der Waals surface area contributed by atoms with E-state index in [0.717, 1.165) is 23.5 Å². The highest BCUT2D eigenvalue weighted by atomic mass is 32.1. The van der Waals surface area contributed by atoms with Gasteiger partial charge in [-0.1, -0.05) is 6.07 Å². The van der Waals surface area contributed by atoms with Crippen LogP contribution in [0.3, 0.4) is 0 Å². The minimum absolute atomic E-state index is 0.901. The molecule has 0 saturated heterocycles. The molecule has 0 saturated carbocycles. The maximum absolute atomic E-state index is 4.49. The number of aryl methyl sites for hydroxylation is 2. The lowest BCUT2D eigenvalue weighted by atomic mass is 10.2. The van der Waals surface area contributed by atoms with E-state index in [4.69, 9.17) is 0 Å². The summed E-state index contributed by atoms with van der Waals surface area (Å²) in [5.41, 5.74) is 3.11. The van der Waals surface area contributed by atoms with Crippen molar-refractivity contribution >= 4 is 11.3 Å². The molecule has 0 amide bonds. The molecule has 0 radical (unpaired) electrons. The third-order valence-electron chi connectivity index (χ3n) is 2.10. The van der Waals surface area contributed by atoms with Crippen molar-refractivity contribution in [3.63, 3.8) is 0 Å². The van der Waals surface area contributed by atoms with Crippen molar-refractivity contribution in [2.75, 3.05) is 0 Å². The summed E-state index contributed by atoms with van der Waals surface area (Å²) >= 11 is 1.76. The lowest BCUT2D eigenvalue weighted by Gasteiger charge is -2.03. The monoisotopic (exact) mass is 204 g/mol. The van der Waals surface area contributed by atoms with Gasteiger partial charge in [0.05, 0.1) is 17.1 Å². The van der Waals surface area contributed by atoms with E-state index < -0.39 is 0 Å². The Labute approximate surface area is 87.7 Å². The van der Waals surface area contributed by atoms with Crippen LogP contribution >= 0.6 is 11.3 Å². The summed E-state index contributed by atoms with van der Waals surface area (Å²) in [5, 5.41) is 2.09. The predicted octanol–water partition coefficient (Wildman–Crippen LogP) is 2.75. The molecule has 0 aliphatic rings. The van der Waals surface area contributed by atoms with E-state index in [1.165, 1.54) is 4.88 Å². The van der Waals surface area contributed by atoms with Crippen LogP contribution in [0.5, 0.6) is 0 Å². The Balaban J connectivity index is 2.28. The topological polar surface area (TPSA) is 25.8 Å². The number of thiophene rings is 1. The highest BCUT2D eigenvalue weighted by molar-refractivity contribution is 7.09. The number of rotatable bonds is 2. The maximum Gasteiger partial charge on any atom is 0.0671 e. The Kier molecular flexibility index (Phi) is 2.59. The van der Waals surface area contributed by atoms with Gasteiger partial charge in [-0.2, -0.15) is 0 Å². The zero-order valence-corrected chi connectivity index (χ0v) is 9.14. The zero-order valence-electron chi connectivity index (χ0n) is 8.32. The lowest BCUT2D eigenvalue weighted by molar-refractivity contribution is 0.959. The molecule has 0 aliphatic heterocycles. The molecule has 0 atom stereocenters. The molecule has 14 heavy (non-hydrogen) atoms. The van der Waals surface area contributed by atoms with Crippen LogP contribution in [0.4, 0.5) is 0 Å². The Bertz CT molecular complexity index is 421. The van der Waals surface area contributed by atoms with Gasteiger partial charge in [-0.05, 0) is 25.3 Å². The van der Waals surface area contributed by atoms with Gasteiger partial charge in [-0.3, -0.25) is 9.97 Å². The highest BCUT2D eigenvalue weighted by Crippen LogP contribution is 2.15. The molecule has 3 heteroatoms. The van der Waals surface area contributed by atoms with E-state index in [9.17, 15) is 0 Å².